The molecule has 7 heteroatoms. The first-order chi connectivity index (χ1) is 7.65. The summed E-state index contributed by atoms with van der Waals surface area (Å²) in [7, 11) is 1.83. The van der Waals surface area contributed by atoms with Crippen LogP contribution in [0.25, 0.3) is 0 Å². The molecule has 2 rings (SSSR count). The summed E-state index contributed by atoms with van der Waals surface area (Å²) >= 11 is 1.43. The number of aryl methyl sites for hydroxylation is 2. The molecule has 0 amide bonds. The zero-order valence-corrected chi connectivity index (χ0v) is 9.78. The molecule has 0 aliphatic carbocycles. The van der Waals surface area contributed by atoms with Gasteiger partial charge in [-0.05, 0) is 6.92 Å². The summed E-state index contributed by atoms with van der Waals surface area (Å²) in [5, 5.41) is 4.57. The Labute approximate surface area is 96.1 Å². The van der Waals surface area contributed by atoms with E-state index in [4.69, 9.17) is 0 Å². The third kappa shape index (κ3) is 2.48. The molecule has 84 valence electrons. The fourth-order valence-corrected chi connectivity index (χ4v) is 2.11. The Morgan fingerprint density at radius 2 is 2.38 bits per heavy atom. The summed E-state index contributed by atoms with van der Waals surface area (Å²) in [6.07, 6.45) is 1.50. The maximum absolute atomic E-state index is 11.2. The minimum Gasteiger partial charge on any atom is -0.301 e. The molecule has 0 bridgehead atoms. The summed E-state index contributed by atoms with van der Waals surface area (Å²) in [6, 6.07) is 1.46. The number of hydrogen-bond donors (Lipinski definition) is 1. The van der Waals surface area contributed by atoms with E-state index in [1.54, 1.807) is 11.6 Å². The topological polar surface area (TPSA) is 76.5 Å². The molecule has 2 heterocycles. The van der Waals surface area contributed by atoms with E-state index in [0.717, 1.165) is 5.82 Å². The Morgan fingerprint density at radius 3 is 3.00 bits per heavy atom. The number of rotatable bonds is 3. The van der Waals surface area contributed by atoms with Crippen molar-refractivity contribution in [2.24, 2.45) is 7.05 Å². The SMILES string of the molecule is Cc1cc(=O)[nH]c(SCc2ncnn2C)n1. The Hall–Kier alpha value is -1.63. The molecule has 0 saturated heterocycles. The van der Waals surface area contributed by atoms with Crippen molar-refractivity contribution in [2.75, 3.05) is 0 Å². The van der Waals surface area contributed by atoms with Gasteiger partial charge in [-0.3, -0.25) is 9.48 Å². The van der Waals surface area contributed by atoms with Crippen LogP contribution < -0.4 is 5.56 Å². The molecule has 1 N–H and O–H groups in total. The predicted octanol–water partition coefficient (Wildman–Crippen LogP) is 0.499. The highest BCUT2D eigenvalue weighted by Crippen LogP contribution is 2.15. The van der Waals surface area contributed by atoms with E-state index in [2.05, 4.69) is 20.1 Å². The van der Waals surface area contributed by atoms with Crippen molar-refractivity contribution >= 4 is 11.8 Å². The standard InChI is InChI=1S/C9H11N5OS/c1-6-3-8(15)13-9(12-6)16-4-7-10-5-11-14(7)2/h3,5H,4H2,1-2H3,(H,12,13,15). The Balaban J connectivity index is 2.10. The minimum atomic E-state index is -0.132. The molecule has 2 aromatic rings. The van der Waals surface area contributed by atoms with Crippen molar-refractivity contribution in [2.45, 2.75) is 17.8 Å². The lowest BCUT2D eigenvalue weighted by Gasteiger charge is -2.01. The fourth-order valence-electron chi connectivity index (χ4n) is 1.20. The Kier molecular flexibility index (Phi) is 3.04. The van der Waals surface area contributed by atoms with Crippen LogP contribution in [0.2, 0.25) is 0 Å². The van der Waals surface area contributed by atoms with Crippen LogP contribution in [0.1, 0.15) is 11.5 Å². The normalized spacial score (nSPS) is 10.6. The average molecular weight is 237 g/mol. The lowest BCUT2D eigenvalue weighted by Crippen LogP contribution is -2.08. The molecule has 0 fully saturated rings. The van der Waals surface area contributed by atoms with Gasteiger partial charge in [-0.1, -0.05) is 11.8 Å². The quantitative estimate of drug-likeness (QED) is 0.621. The van der Waals surface area contributed by atoms with Crippen molar-refractivity contribution in [3.05, 3.63) is 34.3 Å². The maximum Gasteiger partial charge on any atom is 0.251 e. The monoisotopic (exact) mass is 237 g/mol. The van der Waals surface area contributed by atoms with Gasteiger partial charge < -0.3 is 4.98 Å². The number of aromatic amines is 1. The molecule has 0 aromatic carbocycles. The zero-order valence-electron chi connectivity index (χ0n) is 8.97. The van der Waals surface area contributed by atoms with Gasteiger partial charge in [0.05, 0.1) is 5.75 Å². The lowest BCUT2D eigenvalue weighted by atomic mass is 10.5. The number of thioether (sulfide) groups is 1. The van der Waals surface area contributed by atoms with Gasteiger partial charge in [0, 0.05) is 18.8 Å². The second-order valence-electron chi connectivity index (χ2n) is 3.28. The van der Waals surface area contributed by atoms with E-state index in [-0.39, 0.29) is 5.56 Å². The van der Waals surface area contributed by atoms with Gasteiger partial charge in [0.25, 0.3) is 5.56 Å². The third-order valence-corrected chi connectivity index (χ3v) is 2.86. The Morgan fingerprint density at radius 1 is 1.56 bits per heavy atom. The minimum absolute atomic E-state index is 0.132. The number of nitrogens with one attached hydrogen (secondary N) is 1. The van der Waals surface area contributed by atoms with E-state index >= 15 is 0 Å². The molecule has 0 radical (unpaired) electrons. The lowest BCUT2D eigenvalue weighted by molar-refractivity contribution is 0.729. The fraction of sp³-hybridized carbons (Fsp3) is 0.333. The first-order valence-corrected chi connectivity index (χ1v) is 5.67. The van der Waals surface area contributed by atoms with Crippen LogP contribution in [0, 0.1) is 6.92 Å². The number of H-pyrrole nitrogens is 1. The second kappa shape index (κ2) is 4.48. The van der Waals surface area contributed by atoms with E-state index < -0.39 is 0 Å². The second-order valence-corrected chi connectivity index (χ2v) is 4.24. The Bertz CT molecular complexity index is 547. The van der Waals surface area contributed by atoms with Gasteiger partial charge in [0.1, 0.15) is 12.2 Å². The molecule has 0 unspecified atom stereocenters. The van der Waals surface area contributed by atoms with Crippen molar-refractivity contribution in [1.82, 2.24) is 24.7 Å². The van der Waals surface area contributed by atoms with Gasteiger partial charge in [0.15, 0.2) is 5.16 Å². The van der Waals surface area contributed by atoms with Crippen LogP contribution >= 0.6 is 11.8 Å². The van der Waals surface area contributed by atoms with E-state index in [1.165, 1.54) is 24.2 Å². The molecule has 16 heavy (non-hydrogen) atoms. The van der Waals surface area contributed by atoms with Crippen LogP contribution in [0.15, 0.2) is 22.3 Å². The molecule has 0 saturated carbocycles. The predicted molar refractivity (Wildman–Crippen MR) is 60.2 cm³/mol. The van der Waals surface area contributed by atoms with Crippen molar-refractivity contribution < 1.29 is 0 Å². The van der Waals surface area contributed by atoms with E-state index in [9.17, 15) is 4.79 Å². The molecular formula is C9H11N5OS. The first kappa shape index (κ1) is 10.9. The van der Waals surface area contributed by atoms with Gasteiger partial charge in [0.2, 0.25) is 0 Å². The molecule has 0 aliphatic heterocycles. The molecule has 2 aromatic heterocycles. The summed E-state index contributed by atoms with van der Waals surface area (Å²) in [4.78, 5) is 22.2. The van der Waals surface area contributed by atoms with E-state index in [1.807, 2.05) is 7.05 Å². The van der Waals surface area contributed by atoms with Crippen LogP contribution in [-0.4, -0.2) is 24.7 Å². The first-order valence-electron chi connectivity index (χ1n) is 4.69. The molecular weight excluding hydrogens is 226 g/mol. The largest absolute Gasteiger partial charge is 0.301 e. The van der Waals surface area contributed by atoms with Crippen LogP contribution in [-0.2, 0) is 12.8 Å². The molecule has 0 aliphatic rings. The highest BCUT2D eigenvalue weighted by molar-refractivity contribution is 7.98. The highest BCUT2D eigenvalue weighted by Gasteiger charge is 2.04. The van der Waals surface area contributed by atoms with E-state index in [0.29, 0.717) is 16.6 Å². The van der Waals surface area contributed by atoms with Crippen LogP contribution in [0.3, 0.4) is 0 Å². The highest BCUT2D eigenvalue weighted by atomic mass is 32.2. The van der Waals surface area contributed by atoms with Crippen molar-refractivity contribution in [3.63, 3.8) is 0 Å². The molecule has 6 nitrogen and oxygen atoms in total. The average Bonchev–Trinajstić information content (AvgIpc) is 2.59. The van der Waals surface area contributed by atoms with Gasteiger partial charge in [-0.15, -0.1) is 0 Å². The molecule has 0 atom stereocenters. The van der Waals surface area contributed by atoms with Gasteiger partial charge >= 0.3 is 0 Å². The number of aromatic nitrogens is 5. The third-order valence-electron chi connectivity index (χ3n) is 1.99. The zero-order chi connectivity index (χ0) is 11.5. The summed E-state index contributed by atoms with van der Waals surface area (Å²) in [5.74, 6) is 1.47. The van der Waals surface area contributed by atoms with Gasteiger partial charge in [-0.25, -0.2) is 9.97 Å². The van der Waals surface area contributed by atoms with Crippen LogP contribution in [0.4, 0.5) is 0 Å². The van der Waals surface area contributed by atoms with Gasteiger partial charge in [-0.2, -0.15) is 5.10 Å². The number of hydrogen-bond acceptors (Lipinski definition) is 5. The summed E-state index contributed by atoms with van der Waals surface area (Å²) in [5.41, 5.74) is 0.581. The smallest absolute Gasteiger partial charge is 0.251 e. The van der Waals surface area contributed by atoms with Crippen molar-refractivity contribution in [3.8, 4) is 0 Å². The molecule has 0 spiro atoms. The number of nitrogens with zero attached hydrogens (tertiary/aromatic N) is 4. The van der Waals surface area contributed by atoms with Crippen molar-refractivity contribution in [1.29, 1.82) is 0 Å². The summed E-state index contributed by atoms with van der Waals surface area (Å²) in [6.45, 7) is 1.79. The maximum atomic E-state index is 11.2. The summed E-state index contributed by atoms with van der Waals surface area (Å²) < 4.78 is 1.70. The van der Waals surface area contributed by atoms with Crippen LogP contribution in [0.5, 0.6) is 0 Å².